The first kappa shape index (κ1) is 13.5. The van der Waals surface area contributed by atoms with Crippen molar-refractivity contribution in [2.24, 2.45) is 0 Å². The zero-order valence-corrected chi connectivity index (χ0v) is 10.9. The second-order valence-electron chi connectivity index (χ2n) is 4.83. The van der Waals surface area contributed by atoms with Gasteiger partial charge in [-0.05, 0) is 25.0 Å². The molecular formula is C14H19N3O2. The molecule has 1 heterocycles. The Balaban J connectivity index is 1.83. The van der Waals surface area contributed by atoms with E-state index in [0.717, 1.165) is 25.7 Å². The molecule has 5 heteroatoms. The van der Waals surface area contributed by atoms with Gasteiger partial charge in [0.1, 0.15) is 5.82 Å². The molecule has 0 unspecified atom stereocenters. The van der Waals surface area contributed by atoms with Crippen molar-refractivity contribution in [1.82, 2.24) is 10.3 Å². The third-order valence-corrected chi connectivity index (χ3v) is 3.30. The van der Waals surface area contributed by atoms with Gasteiger partial charge < -0.3 is 10.6 Å². The van der Waals surface area contributed by atoms with E-state index in [-0.39, 0.29) is 6.04 Å². The Hall–Kier alpha value is -1.91. The fourth-order valence-corrected chi connectivity index (χ4v) is 2.28. The van der Waals surface area contributed by atoms with Crippen LogP contribution in [0, 0.1) is 0 Å². The maximum Gasteiger partial charge on any atom is 0.314 e. The van der Waals surface area contributed by atoms with Gasteiger partial charge in [-0.25, -0.2) is 4.98 Å². The van der Waals surface area contributed by atoms with Crippen molar-refractivity contribution < 1.29 is 9.59 Å². The van der Waals surface area contributed by atoms with Crippen LogP contribution >= 0.6 is 0 Å². The highest BCUT2D eigenvalue weighted by molar-refractivity contribution is 6.39. The predicted octanol–water partition coefficient (Wildman–Crippen LogP) is 1.86. The molecule has 0 atom stereocenters. The lowest BCUT2D eigenvalue weighted by Crippen LogP contribution is -2.41. The van der Waals surface area contributed by atoms with Crippen LogP contribution in [-0.4, -0.2) is 22.8 Å². The van der Waals surface area contributed by atoms with Gasteiger partial charge in [-0.3, -0.25) is 9.59 Å². The van der Waals surface area contributed by atoms with Crippen LogP contribution < -0.4 is 10.6 Å². The molecule has 0 bridgehead atoms. The van der Waals surface area contributed by atoms with Crippen LogP contribution in [-0.2, 0) is 9.59 Å². The molecule has 1 fully saturated rings. The van der Waals surface area contributed by atoms with E-state index in [1.54, 1.807) is 24.4 Å². The standard InChI is InChI=1S/C14H19N3O2/c18-13(16-11-7-3-1-2-4-8-11)14(19)17-12-9-5-6-10-15-12/h5-6,9-11H,1-4,7-8H2,(H,16,18)(H,15,17,19). The number of rotatable bonds is 2. The molecule has 0 aromatic carbocycles. The normalized spacial score (nSPS) is 16.4. The monoisotopic (exact) mass is 261 g/mol. The van der Waals surface area contributed by atoms with Crippen molar-refractivity contribution in [2.75, 3.05) is 5.32 Å². The third-order valence-electron chi connectivity index (χ3n) is 3.30. The van der Waals surface area contributed by atoms with Crippen LogP contribution in [0.15, 0.2) is 24.4 Å². The van der Waals surface area contributed by atoms with Gasteiger partial charge in [0.05, 0.1) is 0 Å². The molecule has 102 valence electrons. The number of carbonyl (C=O) groups excluding carboxylic acids is 2. The average Bonchev–Trinajstić information content (AvgIpc) is 2.68. The van der Waals surface area contributed by atoms with Gasteiger partial charge in [-0.15, -0.1) is 0 Å². The Bertz CT molecular complexity index is 426. The molecule has 0 radical (unpaired) electrons. The van der Waals surface area contributed by atoms with Gasteiger partial charge in [0, 0.05) is 12.2 Å². The number of carbonyl (C=O) groups is 2. The molecule has 1 aliphatic rings. The highest BCUT2D eigenvalue weighted by Gasteiger charge is 2.19. The van der Waals surface area contributed by atoms with Crippen LogP contribution in [0.5, 0.6) is 0 Å². The first-order valence-electron chi connectivity index (χ1n) is 6.78. The van der Waals surface area contributed by atoms with Crippen LogP contribution in [0.3, 0.4) is 0 Å². The van der Waals surface area contributed by atoms with Gasteiger partial charge in [0.25, 0.3) is 0 Å². The third kappa shape index (κ3) is 4.35. The van der Waals surface area contributed by atoms with Crippen molar-refractivity contribution in [2.45, 2.75) is 44.6 Å². The first-order valence-corrected chi connectivity index (χ1v) is 6.78. The summed E-state index contributed by atoms with van der Waals surface area (Å²) < 4.78 is 0. The highest BCUT2D eigenvalue weighted by Crippen LogP contribution is 2.17. The van der Waals surface area contributed by atoms with E-state index in [2.05, 4.69) is 15.6 Å². The summed E-state index contributed by atoms with van der Waals surface area (Å²) in [4.78, 5) is 27.4. The molecule has 1 saturated carbocycles. The SMILES string of the molecule is O=C(Nc1ccccn1)C(=O)NC1CCCCCC1. The van der Waals surface area contributed by atoms with Crippen molar-refractivity contribution in [1.29, 1.82) is 0 Å². The smallest absolute Gasteiger partial charge is 0.314 e. The molecule has 1 aromatic rings. The summed E-state index contributed by atoms with van der Waals surface area (Å²) in [5.74, 6) is -0.830. The Labute approximate surface area is 112 Å². The minimum atomic E-state index is -0.650. The van der Waals surface area contributed by atoms with Gasteiger partial charge in [-0.1, -0.05) is 31.7 Å². The lowest BCUT2D eigenvalue weighted by atomic mass is 10.1. The summed E-state index contributed by atoms with van der Waals surface area (Å²) in [6.07, 6.45) is 8.16. The van der Waals surface area contributed by atoms with E-state index in [4.69, 9.17) is 0 Å². The van der Waals surface area contributed by atoms with Gasteiger partial charge in [0.15, 0.2) is 0 Å². The van der Waals surface area contributed by atoms with Crippen LogP contribution in [0.2, 0.25) is 0 Å². The summed E-state index contributed by atoms with van der Waals surface area (Å²) in [6, 6.07) is 5.29. The molecule has 0 saturated heterocycles. The summed E-state index contributed by atoms with van der Waals surface area (Å²) in [5.41, 5.74) is 0. The molecular weight excluding hydrogens is 242 g/mol. The number of nitrogens with one attached hydrogen (secondary N) is 2. The molecule has 2 N–H and O–H groups in total. The summed E-state index contributed by atoms with van der Waals surface area (Å²) >= 11 is 0. The number of nitrogens with zero attached hydrogens (tertiary/aromatic N) is 1. The molecule has 1 aromatic heterocycles. The summed E-state index contributed by atoms with van der Waals surface area (Å²) in [6.45, 7) is 0. The molecule has 2 amide bonds. The van der Waals surface area contributed by atoms with Gasteiger partial charge >= 0.3 is 11.8 Å². The van der Waals surface area contributed by atoms with Crippen LogP contribution in [0.25, 0.3) is 0 Å². The fraction of sp³-hybridized carbons (Fsp3) is 0.500. The Morgan fingerprint density at radius 1 is 1.05 bits per heavy atom. The average molecular weight is 261 g/mol. The first-order chi connectivity index (χ1) is 9.25. The van der Waals surface area contributed by atoms with Crippen molar-refractivity contribution in [3.8, 4) is 0 Å². The molecule has 2 rings (SSSR count). The van der Waals surface area contributed by atoms with Crippen molar-refractivity contribution in [3.05, 3.63) is 24.4 Å². The number of anilines is 1. The van der Waals surface area contributed by atoms with E-state index in [9.17, 15) is 9.59 Å². The zero-order chi connectivity index (χ0) is 13.5. The van der Waals surface area contributed by atoms with Gasteiger partial charge in [0.2, 0.25) is 0 Å². The quantitative estimate of drug-likeness (QED) is 0.630. The van der Waals surface area contributed by atoms with E-state index in [1.165, 1.54) is 12.8 Å². The van der Waals surface area contributed by atoms with E-state index in [1.807, 2.05) is 0 Å². The summed E-state index contributed by atoms with van der Waals surface area (Å²) in [7, 11) is 0. The zero-order valence-electron chi connectivity index (χ0n) is 10.9. The molecule has 1 aliphatic carbocycles. The van der Waals surface area contributed by atoms with Crippen molar-refractivity contribution >= 4 is 17.6 Å². The number of hydrogen-bond donors (Lipinski definition) is 2. The topological polar surface area (TPSA) is 71.1 Å². The summed E-state index contributed by atoms with van der Waals surface area (Å²) in [5, 5.41) is 5.28. The van der Waals surface area contributed by atoms with E-state index < -0.39 is 11.8 Å². The van der Waals surface area contributed by atoms with Crippen molar-refractivity contribution in [3.63, 3.8) is 0 Å². The Morgan fingerprint density at radius 3 is 2.42 bits per heavy atom. The minimum Gasteiger partial charge on any atom is -0.345 e. The fourth-order valence-electron chi connectivity index (χ4n) is 2.28. The lowest BCUT2D eigenvalue weighted by molar-refractivity contribution is -0.136. The van der Waals surface area contributed by atoms with Gasteiger partial charge in [-0.2, -0.15) is 0 Å². The maximum atomic E-state index is 11.8. The number of amides is 2. The molecule has 5 nitrogen and oxygen atoms in total. The highest BCUT2D eigenvalue weighted by atomic mass is 16.2. The Morgan fingerprint density at radius 2 is 1.79 bits per heavy atom. The van der Waals surface area contributed by atoms with Crippen LogP contribution in [0.1, 0.15) is 38.5 Å². The number of hydrogen-bond acceptors (Lipinski definition) is 3. The molecule has 19 heavy (non-hydrogen) atoms. The number of pyridine rings is 1. The second-order valence-corrected chi connectivity index (χ2v) is 4.83. The molecule has 0 spiro atoms. The maximum absolute atomic E-state index is 11.8. The lowest BCUT2D eigenvalue weighted by Gasteiger charge is -2.15. The van der Waals surface area contributed by atoms with E-state index >= 15 is 0 Å². The second kappa shape index (κ2) is 6.87. The van der Waals surface area contributed by atoms with Crippen LogP contribution in [0.4, 0.5) is 5.82 Å². The number of aromatic nitrogens is 1. The Kier molecular flexibility index (Phi) is 4.89. The predicted molar refractivity (Wildman–Crippen MR) is 72.5 cm³/mol. The van der Waals surface area contributed by atoms with E-state index in [0.29, 0.717) is 5.82 Å². The minimum absolute atomic E-state index is 0.129. The molecule has 0 aliphatic heterocycles. The largest absolute Gasteiger partial charge is 0.345 e.